The predicted octanol–water partition coefficient (Wildman–Crippen LogP) is 1.71. The lowest BCUT2D eigenvalue weighted by Gasteiger charge is -2.66. The minimum atomic E-state index is -1.86. The van der Waals surface area contributed by atoms with Crippen LogP contribution in [0, 0.1) is 22.7 Å². The number of rotatable bonds is 2. The zero-order valence-corrected chi connectivity index (χ0v) is 21.9. The SMILES string of the molecule is CC1=C(C)C(=O)OC([C@](C)(O)[C@]2(O)CC[C@@]3(O)C4C[C@@H](O)[C@@]5(O)CC=CC(=O)[C@]5(C)C4CC[C@]23C)C1. The lowest BCUT2D eigenvalue weighted by atomic mass is 9.41. The van der Waals surface area contributed by atoms with Crippen LogP contribution < -0.4 is 0 Å². The number of carbonyl (C=O) groups excluding carboxylic acids is 2. The van der Waals surface area contributed by atoms with Crippen LogP contribution in [-0.4, -0.2) is 71.9 Å². The Hall–Kier alpha value is -1.58. The number of hydrogen-bond donors (Lipinski definition) is 5. The van der Waals surface area contributed by atoms with E-state index in [1.54, 1.807) is 26.8 Å². The second-order valence-electron chi connectivity index (χ2n) is 12.9. The fourth-order valence-corrected chi connectivity index (χ4v) is 8.95. The average Bonchev–Trinajstić information content (AvgIpc) is 3.03. The molecule has 1 aliphatic heterocycles. The molecular formula is C28H40O8. The normalized spacial score (nSPS) is 52.3. The van der Waals surface area contributed by atoms with E-state index in [9.17, 15) is 35.1 Å². The van der Waals surface area contributed by atoms with E-state index in [-0.39, 0.29) is 37.9 Å². The van der Waals surface area contributed by atoms with E-state index in [1.807, 2.05) is 6.92 Å². The van der Waals surface area contributed by atoms with E-state index < -0.39 is 63.2 Å². The second kappa shape index (κ2) is 7.50. The molecule has 0 radical (unpaired) electrons. The van der Waals surface area contributed by atoms with Crippen LogP contribution in [0.15, 0.2) is 23.3 Å². The molecule has 4 aliphatic carbocycles. The van der Waals surface area contributed by atoms with Gasteiger partial charge in [-0.15, -0.1) is 0 Å². The molecule has 1 heterocycles. The highest BCUT2D eigenvalue weighted by molar-refractivity contribution is 5.97. The zero-order chi connectivity index (χ0) is 26.7. The summed E-state index contributed by atoms with van der Waals surface area (Å²) in [6.45, 7) is 8.42. The van der Waals surface area contributed by atoms with Crippen molar-refractivity contribution in [2.45, 2.75) is 114 Å². The Morgan fingerprint density at radius 3 is 2.33 bits per heavy atom. The van der Waals surface area contributed by atoms with E-state index in [4.69, 9.17) is 4.74 Å². The topological polar surface area (TPSA) is 145 Å². The van der Waals surface area contributed by atoms with Crippen molar-refractivity contribution in [3.63, 3.8) is 0 Å². The number of hydrogen-bond acceptors (Lipinski definition) is 8. The molecule has 0 aromatic carbocycles. The van der Waals surface area contributed by atoms with Crippen molar-refractivity contribution >= 4 is 11.8 Å². The number of aliphatic hydroxyl groups excluding tert-OH is 1. The predicted molar refractivity (Wildman–Crippen MR) is 129 cm³/mol. The molecule has 0 bridgehead atoms. The summed E-state index contributed by atoms with van der Waals surface area (Å²) in [6.07, 6.45) is 2.31. The van der Waals surface area contributed by atoms with Crippen LogP contribution in [0.4, 0.5) is 0 Å². The Morgan fingerprint density at radius 2 is 1.69 bits per heavy atom. The van der Waals surface area contributed by atoms with Gasteiger partial charge < -0.3 is 30.3 Å². The first-order chi connectivity index (χ1) is 16.5. The van der Waals surface area contributed by atoms with E-state index in [1.165, 1.54) is 13.0 Å². The summed E-state index contributed by atoms with van der Waals surface area (Å²) in [4.78, 5) is 25.7. The van der Waals surface area contributed by atoms with Crippen LogP contribution in [0.2, 0.25) is 0 Å². The van der Waals surface area contributed by atoms with Gasteiger partial charge in [-0.2, -0.15) is 0 Å². The molecule has 0 amide bonds. The van der Waals surface area contributed by atoms with E-state index in [0.717, 1.165) is 5.57 Å². The van der Waals surface area contributed by atoms with Gasteiger partial charge in [-0.1, -0.05) is 18.6 Å². The molecule has 3 fully saturated rings. The molecule has 200 valence electrons. The van der Waals surface area contributed by atoms with Crippen LogP contribution in [0.25, 0.3) is 0 Å². The zero-order valence-electron chi connectivity index (χ0n) is 21.9. The maximum atomic E-state index is 13.2. The number of ether oxygens (including phenoxy) is 1. The molecule has 5 aliphatic rings. The van der Waals surface area contributed by atoms with Crippen LogP contribution in [-0.2, 0) is 14.3 Å². The third-order valence-electron chi connectivity index (χ3n) is 11.8. The van der Waals surface area contributed by atoms with Gasteiger partial charge in [-0.05, 0) is 84.1 Å². The first-order valence-electron chi connectivity index (χ1n) is 13.2. The van der Waals surface area contributed by atoms with Gasteiger partial charge >= 0.3 is 5.97 Å². The van der Waals surface area contributed by atoms with Crippen molar-refractivity contribution in [2.75, 3.05) is 0 Å². The highest BCUT2D eigenvalue weighted by Gasteiger charge is 2.78. The van der Waals surface area contributed by atoms with Gasteiger partial charge in [0, 0.05) is 17.4 Å². The number of aliphatic hydroxyl groups is 5. The van der Waals surface area contributed by atoms with Crippen molar-refractivity contribution in [3.8, 4) is 0 Å². The minimum absolute atomic E-state index is 0.0664. The molecule has 8 nitrogen and oxygen atoms in total. The number of ketones is 1. The quantitative estimate of drug-likeness (QED) is 0.358. The van der Waals surface area contributed by atoms with E-state index in [2.05, 4.69) is 0 Å². The van der Waals surface area contributed by atoms with Crippen molar-refractivity contribution < 1.29 is 39.9 Å². The number of allylic oxidation sites excluding steroid dienone is 1. The van der Waals surface area contributed by atoms with Crippen molar-refractivity contribution in [1.29, 1.82) is 0 Å². The number of cyclic esters (lactones) is 1. The Kier molecular flexibility index (Phi) is 5.43. The number of esters is 1. The fraction of sp³-hybridized carbons (Fsp3) is 0.786. The van der Waals surface area contributed by atoms with Crippen LogP contribution >= 0.6 is 0 Å². The van der Waals surface area contributed by atoms with Crippen molar-refractivity contribution in [3.05, 3.63) is 23.3 Å². The lowest BCUT2D eigenvalue weighted by Crippen LogP contribution is -2.75. The smallest absolute Gasteiger partial charge is 0.334 e. The summed E-state index contributed by atoms with van der Waals surface area (Å²) in [7, 11) is 0. The van der Waals surface area contributed by atoms with Crippen LogP contribution in [0.5, 0.6) is 0 Å². The monoisotopic (exact) mass is 504 g/mol. The van der Waals surface area contributed by atoms with Gasteiger partial charge in [0.1, 0.15) is 22.9 Å². The molecule has 0 aromatic rings. The van der Waals surface area contributed by atoms with E-state index in [0.29, 0.717) is 18.4 Å². The molecule has 3 unspecified atom stereocenters. The van der Waals surface area contributed by atoms with Crippen LogP contribution in [0.1, 0.15) is 79.6 Å². The molecule has 3 saturated carbocycles. The van der Waals surface area contributed by atoms with E-state index >= 15 is 0 Å². The maximum Gasteiger partial charge on any atom is 0.334 e. The molecule has 0 aromatic heterocycles. The molecular weight excluding hydrogens is 464 g/mol. The van der Waals surface area contributed by atoms with Gasteiger partial charge in [-0.25, -0.2) is 4.79 Å². The fourth-order valence-electron chi connectivity index (χ4n) is 8.95. The summed E-state index contributed by atoms with van der Waals surface area (Å²) in [5.41, 5.74) is -8.00. The van der Waals surface area contributed by atoms with Gasteiger partial charge in [0.25, 0.3) is 0 Å². The summed E-state index contributed by atoms with van der Waals surface area (Å²) < 4.78 is 5.59. The molecule has 5 rings (SSSR count). The Morgan fingerprint density at radius 1 is 1.03 bits per heavy atom. The third-order valence-corrected chi connectivity index (χ3v) is 11.8. The highest BCUT2D eigenvalue weighted by atomic mass is 16.6. The van der Waals surface area contributed by atoms with Crippen molar-refractivity contribution in [1.82, 2.24) is 0 Å². The standard InChI is InChI=1S/C28H40O8/c1-15-13-21(36-22(31)16(15)2)25(5,32)28(35)12-11-26(33)18-14-20(30)27(34)9-6-7-19(29)24(27,4)17(18)8-10-23(26,28)3/h6-7,17-18,20-21,30,32-35H,8-14H2,1-5H3/t17?,18?,20-,21?,23+,24+,25+,26-,27+,28+/m1/s1. The van der Waals surface area contributed by atoms with Gasteiger partial charge in [0.2, 0.25) is 0 Å². The van der Waals surface area contributed by atoms with Gasteiger partial charge in [0.05, 0.1) is 17.1 Å². The summed E-state index contributed by atoms with van der Waals surface area (Å²) >= 11 is 0. The van der Waals surface area contributed by atoms with Gasteiger partial charge in [0.15, 0.2) is 5.78 Å². The summed E-state index contributed by atoms with van der Waals surface area (Å²) in [6, 6.07) is 0. The highest BCUT2D eigenvalue weighted by Crippen LogP contribution is 2.71. The minimum Gasteiger partial charge on any atom is -0.455 e. The molecule has 0 saturated heterocycles. The summed E-state index contributed by atoms with van der Waals surface area (Å²) in [5, 5.41) is 59.3. The van der Waals surface area contributed by atoms with Gasteiger partial charge in [-0.3, -0.25) is 4.79 Å². The first kappa shape index (κ1) is 26.0. The average molecular weight is 505 g/mol. The largest absolute Gasteiger partial charge is 0.455 e. The maximum absolute atomic E-state index is 13.2. The Labute approximate surface area is 212 Å². The number of carbonyl (C=O) groups is 2. The Balaban J connectivity index is 1.55. The van der Waals surface area contributed by atoms with Crippen molar-refractivity contribution in [2.24, 2.45) is 22.7 Å². The van der Waals surface area contributed by atoms with Crippen LogP contribution in [0.3, 0.4) is 0 Å². The molecule has 36 heavy (non-hydrogen) atoms. The lowest BCUT2D eigenvalue weighted by molar-refractivity contribution is -0.301. The Bertz CT molecular complexity index is 1080. The molecule has 0 spiro atoms. The third kappa shape index (κ3) is 2.72. The molecule has 8 heteroatoms. The second-order valence-corrected chi connectivity index (χ2v) is 12.9. The number of fused-ring (bicyclic) bond motifs is 5. The first-order valence-corrected chi connectivity index (χ1v) is 13.2. The molecule has 5 N–H and O–H groups in total. The summed E-state index contributed by atoms with van der Waals surface area (Å²) in [5.74, 6) is -1.77. The molecule has 10 atom stereocenters.